The van der Waals surface area contributed by atoms with E-state index < -0.39 is 0 Å². The van der Waals surface area contributed by atoms with Gasteiger partial charge in [-0.05, 0) is 69.6 Å². The summed E-state index contributed by atoms with van der Waals surface area (Å²) >= 11 is 1.63. The first-order chi connectivity index (χ1) is 16.5. The maximum atomic E-state index is 13.0. The number of nitrogens with zero attached hydrogens (tertiary/aromatic N) is 3. The SMILES string of the molecule is CCCCNC(=O)c1cc(-c2csc(-c3ccc(OC)cc3)n2)n(CC2CCCN2CC)c1C. The Balaban J connectivity index is 1.67. The van der Waals surface area contributed by atoms with E-state index in [1.165, 1.54) is 12.8 Å². The average molecular weight is 481 g/mol. The summed E-state index contributed by atoms with van der Waals surface area (Å²) in [5.74, 6) is 0.844. The van der Waals surface area contributed by atoms with Crippen molar-refractivity contribution in [2.45, 2.75) is 59.0 Å². The minimum absolute atomic E-state index is 0.00956. The Kier molecular flexibility index (Phi) is 8.06. The van der Waals surface area contributed by atoms with E-state index in [0.29, 0.717) is 12.6 Å². The van der Waals surface area contributed by atoms with Gasteiger partial charge in [0.05, 0.1) is 24.1 Å². The fourth-order valence-corrected chi connectivity index (χ4v) is 5.60. The third-order valence-corrected chi connectivity index (χ3v) is 7.72. The van der Waals surface area contributed by atoms with Crippen molar-refractivity contribution in [1.82, 2.24) is 19.8 Å². The van der Waals surface area contributed by atoms with E-state index >= 15 is 0 Å². The van der Waals surface area contributed by atoms with E-state index in [-0.39, 0.29) is 5.91 Å². The molecular formula is C27H36N4O2S. The highest BCUT2D eigenvalue weighted by atomic mass is 32.1. The van der Waals surface area contributed by atoms with E-state index in [0.717, 1.165) is 71.4 Å². The van der Waals surface area contributed by atoms with Gasteiger partial charge in [-0.3, -0.25) is 9.69 Å². The van der Waals surface area contributed by atoms with Crippen molar-refractivity contribution in [3.63, 3.8) is 0 Å². The highest BCUT2D eigenvalue weighted by Crippen LogP contribution is 2.33. The summed E-state index contributed by atoms with van der Waals surface area (Å²) in [6.07, 6.45) is 4.48. The van der Waals surface area contributed by atoms with Gasteiger partial charge in [-0.15, -0.1) is 11.3 Å². The normalized spacial score (nSPS) is 16.2. The Morgan fingerprint density at radius 3 is 2.76 bits per heavy atom. The number of methoxy groups -OCH3 is 1. The molecule has 1 aliphatic heterocycles. The summed E-state index contributed by atoms with van der Waals surface area (Å²) in [6, 6.07) is 10.5. The van der Waals surface area contributed by atoms with Crippen LogP contribution in [0.1, 0.15) is 55.6 Å². The topological polar surface area (TPSA) is 59.4 Å². The molecule has 2 aromatic heterocycles. The van der Waals surface area contributed by atoms with Crippen LogP contribution in [0.3, 0.4) is 0 Å². The summed E-state index contributed by atoms with van der Waals surface area (Å²) in [5.41, 5.74) is 4.79. The molecular weight excluding hydrogens is 444 g/mol. The molecule has 0 spiro atoms. The Labute approximate surface area is 207 Å². The second-order valence-electron chi connectivity index (χ2n) is 8.94. The summed E-state index contributed by atoms with van der Waals surface area (Å²) in [7, 11) is 1.67. The van der Waals surface area contributed by atoms with Crippen LogP contribution in [-0.4, -0.2) is 53.1 Å². The van der Waals surface area contributed by atoms with Gasteiger partial charge in [0, 0.05) is 35.8 Å². The highest BCUT2D eigenvalue weighted by molar-refractivity contribution is 7.13. The molecule has 182 valence electrons. The van der Waals surface area contributed by atoms with Gasteiger partial charge < -0.3 is 14.6 Å². The number of ether oxygens (including phenoxy) is 1. The van der Waals surface area contributed by atoms with Crippen molar-refractivity contribution in [3.8, 4) is 27.7 Å². The van der Waals surface area contributed by atoms with Crippen LogP contribution < -0.4 is 10.1 Å². The van der Waals surface area contributed by atoms with Crippen molar-refractivity contribution in [2.75, 3.05) is 26.7 Å². The molecule has 0 saturated carbocycles. The Morgan fingerprint density at radius 1 is 1.26 bits per heavy atom. The number of carbonyl (C=O) groups is 1. The van der Waals surface area contributed by atoms with Crippen molar-refractivity contribution >= 4 is 17.2 Å². The Morgan fingerprint density at radius 2 is 2.06 bits per heavy atom. The van der Waals surface area contributed by atoms with Crippen LogP contribution in [0.15, 0.2) is 35.7 Å². The maximum Gasteiger partial charge on any atom is 0.253 e. The number of hydrogen-bond acceptors (Lipinski definition) is 5. The lowest BCUT2D eigenvalue weighted by Crippen LogP contribution is -2.33. The molecule has 1 N–H and O–H groups in total. The third-order valence-electron chi connectivity index (χ3n) is 6.83. The number of benzene rings is 1. The fraction of sp³-hybridized carbons (Fsp3) is 0.481. The van der Waals surface area contributed by atoms with Crippen LogP contribution >= 0.6 is 11.3 Å². The number of thiazole rings is 1. The van der Waals surface area contributed by atoms with Crippen LogP contribution in [0.2, 0.25) is 0 Å². The highest BCUT2D eigenvalue weighted by Gasteiger charge is 2.27. The average Bonchev–Trinajstić information content (AvgIpc) is 3.59. The molecule has 6 nitrogen and oxygen atoms in total. The van der Waals surface area contributed by atoms with Gasteiger partial charge in [-0.25, -0.2) is 4.98 Å². The van der Waals surface area contributed by atoms with Crippen molar-refractivity contribution in [2.24, 2.45) is 0 Å². The minimum atomic E-state index is 0.00956. The summed E-state index contributed by atoms with van der Waals surface area (Å²) in [5, 5.41) is 6.17. The monoisotopic (exact) mass is 480 g/mol. The van der Waals surface area contributed by atoms with Crippen LogP contribution in [-0.2, 0) is 6.54 Å². The number of carbonyl (C=O) groups excluding carboxylic acids is 1. The summed E-state index contributed by atoms with van der Waals surface area (Å²) in [4.78, 5) is 20.5. The van der Waals surface area contributed by atoms with Gasteiger partial charge in [0.2, 0.25) is 0 Å². The lowest BCUT2D eigenvalue weighted by atomic mass is 10.2. The molecule has 1 amide bonds. The molecule has 3 aromatic rings. The number of likely N-dealkylation sites (N-methyl/N-ethyl adjacent to an activating group) is 1. The van der Waals surface area contributed by atoms with Gasteiger partial charge in [0.1, 0.15) is 10.8 Å². The predicted octanol–water partition coefficient (Wildman–Crippen LogP) is 5.61. The zero-order valence-electron chi connectivity index (χ0n) is 20.8. The number of unbranched alkanes of at least 4 members (excludes halogenated alkanes) is 1. The molecule has 34 heavy (non-hydrogen) atoms. The second kappa shape index (κ2) is 11.2. The molecule has 7 heteroatoms. The van der Waals surface area contributed by atoms with Crippen LogP contribution in [0.4, 0.5) is 0 Å². The fourth-order valence-electron chi connectivity index (χ4n) is 4.78. The summed E-state index contributed by atoms with van der Waals surface area (Å²) < 4.78 is 7.61. The number of rotatable bonds is 10. The van der Waals surface area contributed by atoms with Crippen LogP contribution in [0.5, 0.6) is 5.75 Å². The van der Waals surface area contributed by atoms with Gasteiger partial charge in [0.15, 0.2) is 0 Å². The quantitative estimate of drug-likeness (QED) is 0.383. The molecule has 1 unspecified atom stereocenters. The molecule has 0 aliphatic carbocycles. The predicted molar refractivity (Wildman–Crippen MR) is 140 cm³/mol. The molecule has 0 bridgehead atoms. The second-order valence-corrected chi connectivity index (χ2v) is 9.80. The van der Waals surface area contributed by atoms with Gasteiger partial charge in [-0.1, -0.05) is 20.3 Å². The largest absolute Gasteiger partial charge is 0.497 e. The smallest absolute Gasteiger partial charge is 0.253 e. The standard InChI is InChI=1S/C27H36N4O2S/c1-5-7-14-28-26(32)23-16-25(31(19(23)3)17-21-9-8-15-30(21)6-2)24-18-34-27(29-24)20-10-12-22(33-4)13-11-20/h10-13,16,18,21H,5-9,14-15,17H2,1-4H3,(H,28,32). The van der Waals surface area contributed by atoms with E-state index in [1.54, 1.807) is 18.4 Å². The number of amides is 1. The van der Waals surface area contributed by atoms with E-state index in [4.69, 9.17) is 9.72 Å². The zero-order chi connectivity index (χ0) is 24.1. The van der Waals surface area contributed by atoms with Crippen LogP contribution in [0.25, 0.3) is 22.0 Å². The molecule has 1 atom stereocenters. The summed E-state index contributed by atoms with van der Waals surface area (Å²) in [6.45, 7) is 10.2. The first-order valence-corrected chi connectivity index (χ1v) is 13.3. The first kappa shape index (κ1) is 24.5. The number of aromatic nitrogens is 2. The van der Waals surface area contributed by atoms with Crippen LogP contribution in [0, 0.1) is 6.92 Å². The molecule has 4 rings (SSSR count). The van der Waals surface area contributed by atoms with Crippen molar-refractivity contribution in [1.29, 1.82) is 0 Å². The molecule has 1 aromatic carbocycles. The van der Waals surface area contributed by atoms with E-state index in [1.807, 2.05) is 30.3 Å². The molecule has 1 fully saturated rings. The van der Waals surface area contributed by atoms with Gasteiger partial charge in [-0.2, -0.15) is 0 Å². The number of nitrogens with one attached hydrogen (secondary N) is 1. The molecule has 1 aliphatic rings. The van der Waals surface area contributed by atoms with Crippen molar-refractivity contribution < 1.29 is 9.53 Å². The lowest BCUT2D eigenvalue weighted by Gasteiger charge is -2.25. The first-order valence-electron chi connectivity index (χ1n) is 12.4. The zero-order valence-corrected chi connectivity index (χ0v) is 21.6. The number of likely N-dealkylation sites (tertiary alicyclic amines) is 1. The molecule has 1 saturated heterocycles. The molecule has 0 radical (unpaired) electrons. The minimum Gasteiger partial charge on any atom is -0.497 e. The third kappa shape index (κ3) is 5.20. The van der Waals surface area contributed by atoms with Gasteiger partial charge >= 0.3 is 0 Å². The lowest BCUT2D eigenvalue weighted by molar-refractivity contribution is 0.0952. The van der Waals surface area contributed by atoms with Gasteiger partial charge in [0.25, 0.3) is 5.91 Å². The van der Waals surface area contributed by atoms with Crippen molar-refractivity contribution in [3.05, 3.63) is 47.0 Å². The van der Waals surface area contributed by atoms with E-state index in [9.17, 15) is 4.79 Å². The number of hydrogen-bond donors (Lipinski definition) is 1. The van der Waals surface area contributed by atoms with E-state index in [2.05, 4.69) is 40.9 Å². The Hall–Kier alpha value is -2.64. The molecule has 3 heterocycles. The Bertz CT molecular complexity index is 1100. The maximum absolute atomic E-state index is 13.0.